The highest BCUT2D eigenvalue weighted by Crippen LogP contribution is 2.09. The van der Waals surface area contributed by atoms with Crippen molar-refractivity contribution in [2.24, 2.45) is 0 Å². The molecule has 21 heavy (non-hydrogen) atoms. The number of nitrogens with zero attached hydrogens (tertiary/aromatic N) is 3. The number of carbonyl (C=O) groups is 1. The molecule has 0 bridgehead atoms. The average molecular weight is 310 g/mol. The Kier molecular flexibility index (Phi) is 5.18. The first-order valence-corrected chi connectivity index (χ1v) is 11.2. The van der Waals surface area contributed by atoms with Crippen LogP contribution in [0, 0.1) is 6.92 Å². The van der Waals surface area contributed by atoms with Crippen molar-refractivity contribution in [1.29, 1.82) is 0 Å². The molecule has 0 radical (unpaired) electrons. The van der Waals surface area contributed by atoms with E-state index in [-0.39, 0.29) is 5.91 Å². The summed E-state index contributed by atoms with van der Waals surface area (Å²) in [4.78, 5) is 16.7. The fourth-order valence-electron chi connectivity index (χ4n) is 2.59. The third kappa shape index (κ3) is 5.60. The van der Waals surface area contributed by atoms with Crippen molar-refractivity contribution in [2.75, 3.05) is 44.2 Å². The molecule has 2 rings (SSSR count). The molecule has 1 fully saturated rings. The molecule has 2 heterocycles. The van der Waals surface area contributed by atoms with E-state index in [4.69, 9.17) is 4.52 Å². The van der Waals surface area contributed by atoms with Crippen LogP contribution in [-0.4, -0.2) is 67.8 Å². The molecule has 7 heteroatoms. The molecule has 1 saturated heterocycles. The van der Waals surface area contributed by atoms with Crippen molar-refractivity contribution in [3.63, 3.8) is 0 Å². The molecule has 1 aliphatic rings. The lowest BCUT2D eigenvalue weighted by atomic mass is 10.3. The lowest BCUT2D eigenvalue weighted by Gasteiger charge is -2.37. The van der Waals surface area contributed by atoms with E-state index >= 15 is 0 Å². The van der Waals surface area contributed by atoms with Crippen molar-refractivity contribution in [3.8, 4) is 0 Å². The maximum Gasteiger partial charge on any atom is 0.239 e. The van der Waals surface area contributed by atoms with Crippen LogP contribution in [0.1, 0.15) is 5.76 Å². The van der Waals surface area contributed by atoms with Gasteiger partial charge < -0.3 is 14.7 Å². The molecular formula is C14H26N4O2Si. The second kappa shape index (κ2) is 6.72. The van der Waals surface area contributed by atoms with Crippen molar-refractivity contribution < 1.29 is 9.32 Å². The molecule has 1 aliphatic heterocycles. The molecule has 1 N–H and O–H groups in total. The van der Waals surface area contributed by atoms with Crippen LogP contribution in [0.4, 0.5) is 5.82 Å². The molecule has 0 spiro atoms. The van der Waals surface area contributed by atoms with Gasteiger partial charge in [-0.3, -0.25) is 9.69 Å². The molecular weight excluding hydrogens is 284 g/mol. The zero-order valence-electron chi connectivity index (χ0n) is 13.5. The topological polar surface area (TPSA) is 61.6 Å². The number of aryl methyl sites for hydroxylation is 1. The van der Waals surface area contributed by atoms with E-state index in [1.807, 2.05) is 0 Å². The number of aromatic nitrogens is 1. The van der Waals surface area contributed by atoms with Gasteiger partial charge >= 0.3 is 0 Å². The first kappa shape index (κ1) is 16.2. The number of anilines is 1. The minimum absolute atomic E-state index is 0.0260. The van der Waals surface area contributed by atoms with Gasteiger partial charge in [-0.2, -0.15) is 0 Å². The molecule has 0 atom stereocenters. The zero-order valence-corrected chi connectivity index (χ0v) is 14.5. The van der Waals surface area contributed by atoms with E-state index in [0.717, 1.165) is 26.2 Å². The van der Waals surface area contributed by atoms with Gasteiger partial charge in [-0.25, -0.2) is 0 Å². The second-order valence-corrected chi connectivity index (χ2v) is 12.4. The van der Waals surface area contributed by atoms with E-state index in [1.54, 1.807) is 13.0 Å². The zero-order chi connectivity index (χ0) is 15.5. The summed E-state index contributed by atoms with van der Waals surface area (Å²) >= 11 is 0. The van der Waals surface area contributed by atoms with E-state index in [1.165, 1.54) is 6.17 Å². The Morgan fingerprint density at radius 3 is 2.43 bits per heavy atom. The average Bonchev–Trinajstić information content (AvgIpc) is 2.75. The Balaban J connectivity index is 1.72. The van der Waals surface area contributed by atoms with Crippen LogP contribution in [-0.2, 0) is 4.79 Å². The first-order chi connectivity index (χ1) is 9.82. The minimum atomic E-state index is -1.04. The Morgan fingerprint density at radius 1 is 1.29 bits per heavy atom. The summed E-state index contributed by atoms with van der Waals surface area (Å²) in [6, 6.07) is 1.73. The smallest absolute Gasteiger partial charge is 0.239 e. The van der Waals surface area contributed by atoms with E-state index in [0.29, 0.717) is 18.1 Å². The predicted octanol–water partition coefficient (Wildman–Crippen LogP) is 1.42. The van der Waals surface area contributed by atoms with Crippen LogP contribution in [0.25, 0.3) is 0 Å². The fourth-order valence-corrected chi connectivity index (χ4v) is 4.24. The SMILES string of the molecule is Cc1cc(NC(=O)CN2CCN(C[Si](C)(C)C)CC2)no1. The summed E-state index contributed by atoms with van der Waals surface area (Å²) in [6.07, 6.45) is 1.24. The van der Waals surface area contributed by atoms with Gasteiger partial charge in [0.25, 0.3) is 0 Å². The van der Waals surface area contributed by atoms with E-state index in [2.05, 4.69) is 39.9 Å². The maximum atomic E-state index is 12.0. The number of hydrogen-bond donors (Lipinski definition) is 1. The summed E-state index contributed by atoms with van der Waals surface area (Å²) in [7, 11) is -1.04. The highest BCUT2D eigenvalue weighted by Gasteiger charge is 2.23. The second-order valence-electron chi connectivity index (χ2n) is 6.98. The molecule has 6 nitrogen and oxygen atoms in total. The van der Waals surface area contributed by atoms with E-state index < -0.39 is 8.07 Å². The predicted molar refractivity (Wildman–Crippen MR) is 86.1 cm³/mol. The number of hydrogen-bond acceptors (Lipinski definition) is 5. The number of rotatable bonds is 5. The highest BCUT2D eigenvalue weighted by molar-refractivity contribution is 6.76. The van der Waals surface area contributed by atoms with Gasteiger partial charge in [-0.15, -0.1) is 0 Å². The lowest BCUT2D eigenvalue weighted by molar-refractivity contribution is -0.117. The van der Waals surface area contributed by atoms with Crippen LogP contribution < -0.4 is 5.32 Å². The van der Waals surface area contributed by atoms with Gasteiger partial charge in [-0.05, 0) is 13.1 Å². The third-order valence-corrected chi connectivity index (χ3v) is 4.82. The molecule has 0 saturated carbocycles. The van der Waals surface area contributed by atoms with Crippen LogP contribution in [0.15, 0.2) is 10.6 Å². The van der Waals surface area contributed by atoms with Crippen LogP contribution in [0.2, 0.25) is 19.6 Å². The first-order valence-electron chi connectivity index (χ1n) is 7.50. The van der Waals surface area contributed by atoms with Crippen LogP contribution in [0.5, 0.6) is 0 Å². The van der Waals surface area contributed by atoms with Crippen LogP contribution >= 0.6 is 0 Å². The summed E-state index contributed by atoms with van der Waals surface area (Å²) < 4.78 is 4.93. The number of piperazine rings is 1. The Hall–Kier alpha value is -1.18. The molecule has 1 aromatic heterocycles. The monoisotopic (exact) mass is 310 g/mol. The number of carbonyl (C=O) groups excluding carboxylic acids is 1. The largest absolute Gasteiger partial charge is 0.360 e. The Labute approximate surface area is 127 Å². The lowest BCUT2D eigenvalue weighted by Crippen LogP contribution is -2.52. The number of amides is 1. The molecule has 0 aromatic carbocycles. The summed E-state index contributed by atoms with van der Waals surface area (Å²) in [6.45, 7) is 13.4. The molecule has 1 amide bonds. The van der Waals surface area contributed by atoms with Gasteiger partial charge in [0.1, 0.15) is 5.76 Å². The number of nitrogens with one attached hydrogen (secondary N) is 1. The normalized spacial score (nSPS) is 17.9. The van der Waals surface area contributed by atoms with Crippen molar-refractivity contribution in [2.45, 2.75) is 26.6 Å². The molecule has 0 unspecified atom stereocenters. The third-order valence-electron chi connectivity index (χ3n) is 3.43. The van der Waals surface area contributed by atoms with Gasteiger partial charge in [0.15, 0.2) is 5.82 Å². The van der Waals surface area contributed by atoms with Gasteiger partial charge in [0.2, 0.25) is 5.91 Å². The molecule has 1 aromatic rings. The standard InChI is InChI=1S/C14H26N4O2Si/c1-12-9-13(16-20-12)15-14(19)10-17-5-7-18(8-6-17)11-21(2,3)4/h9H,5-8,10-11H2,1-4H3,(H,15,16,19). The van der Waals surface area contributed by atoms with Crippen molar-refractivity contribution in [1.82, 2.24) is 15.0 Å². The van der Waals surface area contributed by atoms with Gasteiger partial charge in [0, 0.05) is 32.2 Å². The minimum Gasteiger partial charge on any atom is -0.360 e. The van der Waals surface area contributed by atoms with Gasteiger partial charge in [-0.1, -0.05) is 24.8 Å². The highest BCUT2D eigenvalue weighted by atomic mass is 28.3. The Bertz CT molecular complexity index is 476. The summed E-state index contributed by atoms with van der Waals surface area (Å²) in [5.41, 5.74) is 0. The summed E-state index contributed by atoms with van der Waals surface area (Å²) in [5, 5.41) is 6.54. The van der Waals surface area contributed by atoms with Crippen molar-refractivity contribution in [3.05, 3.63) is 11.8 Å². The maximum absolute atomic E-state index is 12.0. The quantitative estimate of drug-likeness (QED) is 0.833. The molecule has 118 valence electrons. The van der Waals surface area contributed by atoms with Gasteiger partial charge in [0.05, 0.1) is 14.6 Å². The van der Waals surface area contributed by atoms with E-state index in [9.17, 15) is 4.79 Å². The van der Waals surface area contributed by atoms with Crippen LogP contribution in [0.3, 0.4) is 0 Å². The Morgan fingerprint density at radius 2 is 1.90 bits per heavy atom. The van der Waals surface area contributed by atoms with Crippen molar-refractivity contribution >= 4 is 19.8 Å². The molecule has 0 aliphatic carbocycles. The fraction of sp³-hybridized carbons (Fsp3) is 0.714. The summed E-state index contributed by atoms with van der Waals surface area (Å²) in [5.74, 6) is 1.17.